The molecular formula is C14H16BrN5O2. The quantitative estimate of drug-likeness (QED) is 0.865. The largest absolute Gasteiger partial charge is 0.376 e. The monoisotopic (exact) mass is 365 g/mol. The number of benzene rings is 1. The minimum atomic E-state index is -0.143. The summed E-state index contributed by atoms with van der Waals surface area (Å²) in [7, 11) is 0. The van der Waals surface area contributed by atoms with Gasteiger partial charge in [-0.1, -0.05) is 15.9 Å². The number of nitrogens with zero attached hydrogens (tertiary/aromatic N) is 4. The summed E-state index contributed by atoms with van der Waals surface area (Å²) in [6, 6.07) is 7.60. The number of carbonyl (C=O) groups excluding carboxylic acids is 1. The van der Waals surface area contributed by atoms with E-state index >= 15 is 0 Å². The van der Waals surface area contributed by atoms with Gasteiger partial charge < -0.3 is 10.1 Å². The molecule has 0 bridgehead atoms. The van der Waals surface area contributed by atoms with Crippen LogP contribution in [0.2, 0.25) is 0 Å². The summed E-state index contributed by atoms with van der Waals surface area (Å²) in [6.45, 7) is 1.37. The number of amides is 1. The zero-order valence-corrected chi connectivity index (χ0v) is 13.5. The van der Waals surface area contributed by atoms with Gasteiger partial charge >= 0.3 is 0 Å². The molecule has 2 aromatic rings. The Labute approximate surface area is 136 Å². The van der Waals surface area contributed by atoms with Gasteiger partial charge in [-0.3, -0.25) is 4.79 Å². The molecule has 1 aliphatic rings. The van der Waals surface area contributed by atoms with Gasteiger partial charge in [0.05, 0.1) is 6.10 Å². The first-order chi connectivity index (χ1) is 10.7. The predicted octanol–water partition coefficient (Wildman–Crippen LogP) is 1.40. The molecule has 0 spiro atoms. The first-order valence-electron chi connectivity index (χ1n) is 7.13. The van der Waals surface area contributed by atoms with Crippen LogP contribution in [-0.4, -0.2) is 45.4 Å². The molecule has 22 heavy (non-hydrogen) atoms. The Balaban J connectivity index is 1.54. The van der Waals surface area contributed by atoms with Crippen molar-refractivity contribution >= 4 is 21.8 Å². The van der Waals surface area contributed by atoms with Gasteiger partial charge in [-0.2, -0.15) is 4.80 Å². The fourth-order valence-electron chi connectivity index (χ4n) is 2.24. The molecule has 0 saturated carbocycles. The van der Waals surface area contributed by atoms with Crippen LogP contribution in [0.4, 0.5) is 0 Å². The molecule has 8 heteroatoms. The lowest BCUT2D eigenvalue weighted by Gasteiger charge is -2.10. The second-order valence-electron chi connectivity index (χ2n) is 5.09. The molecule has 2 heterocycles. The van der Waals surface area contributed by atoms with Crippen molar-refractivity contribution < 1.29 is 9.53 Å². The first-order valence-corrected chi connectivity index (χ1v) is 7.92. The van der Waals surface area contributed by atoms with Gasteiger partial charge in [-0.05, 0) is 42.3 Å². The van der Waals surface area contributed by atoms with E-state index in [-0.39, 0.29) is 18.6 Å². The van der Waals surface area contributed by atoms with Crippen LogP contribution < -0.4 is 5.32 Å². The first kappa shape index (κ1) is 15.1. The number of tetrazole rings is 1. The summed E-state index contributed by atoms with van der Waals surface area (Å²) in [5.41, 5.74) is 0.856. The average molecular weight is 366 g/mol. The molecule has 1 N–H and O–H groups in total. The van der Waals surface area contributed by atoms with Crippen molar-refractivity contribution in [2.45, 2.75) is 25.5 Å². The number of nitrogens with one attached hydrogen (secondary N) is 1. The normalized spacial score (nSPS) is 17.6. The van der Waals surface area contributed by atoms with Crippen molar-refractivity contribution in [3.05, 3.63) is 28.7 Å². The molecule has 1 fully saturated rings. The summed E-state index contributed by atoms with van der Waals surface area (Å²) >= 11 is 3.38. The molecule has 1 aliphatic heterocycles. The van der Waals surface area contributed by atoms with E-state index in [9.17, 15) is 4.79 Å². The lowest BCUT2D eigenvalue weighted by molar-refractivity contribution is -0.122. The highest BCUT2D eigenvalue weighted by atomic mass is 79.9. The number of halogens is 1. The van der Waals surface area contributed by atoms with E-state index in [1.54, 1.807) is 0 Å². The lowest BCUT2D eigenvalue weighted by atomic mass is 10.2. The Kier molecular flexibility index (Phi) is 4.79. The summed E-state index contributed by atoms with van der Waals surface area (Å²) in [5, 5.41) is 14.9. The highest BCUT2D eigenvalue weighted by Crippen LogP contribution is 2.17. The van der Waals surface area contributed by atoms with Gasteiger partial charge in [0.15, 0.2) is 0 Å². The number of rotatable bonds is 5. The van der Waals surface area contributed by atoms with E-state index in [0.29, 0.717) is 12.4 Å². The molecular weight excluding hydrogens is 350 g/mol. The van der Waals surface area contributed by atoms with E-state index in [2.05, 4.69) is 36.7 Å². The van der Waals surface area contributed by atoms with Crippen LogP contribution in [0.5, 0.6) is 0 Å². The second-order valence-corrected chi connectivity index (χ2v) is 6.01. The highest BCUT2D eigenvalue weighted by molar-refractivity contribution is 9.10. The third kappa shape index (κ3) is 3.89. The van der Waals surface area contributed by atoms with Crippen LogP contribution in [0.3, 0.4) is 0 Å². The van der Waals surface area contributed by atoms with Crippen LogP contribution >= 0.6 is 15.9 Å². The minimum Gasteiger partial charge on any atom is -0.376 e. The van der Waals surface area contributed by atoms with Gasteiger partial charge in [-0.25, -0.2) is 0 Å². The lowest BCUT2D eigenvalue weighted by Crippen LogP contribution is -2.34. The van der Waals surface area contributed by atoms with Crippen molar-refractivity contribution in [1.82, 2.24) is 25.5 Å². The van der Waals surface area contributed by atoms with Gasteiger partial charge in [0.1, 0.15) is 6.54 Å². The summed E-state index contributed by atoms with van der Waals surface area (Å²) < 4.78 is 6.44. The molecule has 1 saturated heterocycles. The van der Waals surface area contributed by atoms with Crippen LogP contribution in [0.15, 0.2) is 28.7 Å². The molecule has 1 atom stereocenters. The Morgan fingerprint density at radius 3 is 2.95 bits per heavy atom. The second kappa shape index (κ2) is 6.97. The molecule has 1 aromatic heterocycles. The van der Waals surface area contributed by atoms with Crippen LogP contribution in [0.25, 0.3) is 11.4 Å². The number of ether oxygens (including phenoxy) is 1. The van der Waals surface area contributed by atoms with Crippen molar-refractivity contribution in [1.29, 1.82) is 0 Å². The maximum absolute atomic E-state index is 11.9. The molecule has 1 aromatic carbocycles. The molecule has 116 valence electrons. The van der Waals surface area contributed by atoms with Crippen molar-refractivity contribution in [2.24, 2.45) is 0 Å². The van der Waals surface area contributed by atoms with Gasteiger partial charge in [0.2, 0.25) is 11.7 Å². The Morgan fingerprint density at radius 2 is 2.23 bits per heavy atom. The van der Waals surface area contributed by atoms with Crippen LogP contribution in [0, 0.1) is 0 Å². The SMILES string of the molecule is O=C(Cn1nnc(-c2ccc(Br)cc2)n1)NCC1CCCO1. The zero-order chi connectivity index (χ0) is 15.4. The predicted molar refractivity (Wildman–Crippen MR) is 82.9 cm³/mol. The molecule has 0 aliphatic carbocycles. The fourth-order valence-corrected chi connectivity index (χ4v) is 2.51. The van der Waals surface area contributed by atoms with Gasteiger partial charge in [-0.15, -0.1) is 10.2 Å². The number of carbonyl (C=O) groups is 1. The summed E-state index contributed by atoms with van der Waals surface area (Å²) in [5.74, 6) is 0.356. The zero-order valence-electron chi connectivity index (χ0n) is 11.9. The van der Waals surface area contributed by atoms with Crippen molar-refractivity contribution in [3.63, 3.8) is 0 Å². The average Bonchev–Trinajstić information content (AvgIpc) is 3.17. The third-order valence-corrected chi connectivity index (χ3v) is 3.92. The smallest absolute Gasteiger partial charge is 0.243 e. The van der Waals surface area contributed by atoms with E-state index in [0.717, 1.165) is 29.5 Å². The van der Waals surface area contributed by atoms with Crippen molar-refractivity contribution in [3.8, 4) is 11.4 Å². The number of hydrogen-bond acceptors (Lipinski definition) is 5. The molecule has 1 unspecified atom stereocenters. The topological polar surface area (TPSA) is 81.9 Å². The standard InChI is InChI=1S/C14H16BrN5O2/c15-11-5-3-10(4-6-11)14-17-19-20(18-14)9-13(21)16-8-12-2-1-7-22-12/h3-6,12H,1-2,7-9H2,(H,16,21). The van der Waals surface area contributed by atoms with Crippen molar-refractivity contribution in [2.75, 3.05) is 13.2 Å². The molecule has 7 nitrogen and oxygen atoms in total. The Bertz CT molecular complexity index is 637. The van der Waals surface area contributed by atoms with E-state index in [1.165, 1.54) is 4.80 Å². The van der Waals surface area contributed by atoms with E-state index in [4.69, 9.17) is 4.74 Å². The Hall–Kier alpha value is -1.80. The van der Waals surface area contributed by atoms with Gasteiger partial charge in [0.25, 0.3) is 0 Å². The summed E-state index contributed by atoms with van der Waals surface area (Å²) in [4.78, 5) is 13.2. The molecule has 0 radical (unpaired) electrons. The maximum Gasteiger partial charge on any atom is 0.243 e. The number of hydrogen-bond donors (Lipinski definition) is 1. The molecule has 1 amide bonds. The highest BCUT2D eigenvalue weighted by Gasteiger charge is 2.16. The summed E-state index contributed by atoms with van der Waals surface area (Å²) in [6.07, 6.45) is 2.18. The van der Waals surface area contributed by atoms with E-state index in [1.807, 2.05) is 24.3 Å². The molecule has 3 rings (SSSR count). The van der Waals surface area contributed by atoms with Crippen LogP contribution in [-0.2, 0) is 16.1 Å². The third-order valence-electron chi connectivity index (χ3n) is 3.39. The fraction of sp³-hybridized carbons (Fsp3) is 0.429. The Morgan fingerprint density at radius 1 is 1.41 bits per heavy atom. The maximum atomic E-state index is 11.9. The van der Waals surface area contributed by atoms with Crippen LogP contribution in [0.1, 0.15) is 12.8 Å². The van der Waals surface area contributed by atoms with E-state index < -0.39 is 0 Å². The minimum absolute atomic E-state index is 0.0518. The number of aromatic nitrogens is 4. The van der Waals surface area contributed by atoms with Gasteiger partial charge in [0, 0.05) is 23.2 Å².